The van der Waals surface area contributed by atoms with Gasteiger partial charge in [-0.2, -0.15) is 0 Å². The van der Waals surface area contributed by atoms with Crippen molar-refractivity contribution in [2.75, 3.05) is 4.90 Å². The van der Waals surface area contributed by atoms with E-state index in [-0.39, 0.29) is 17.3 Å². The number of carbonyl (C=O) groups is 2. The molecule has 4 aliphatic rings. The van der Waals surface area contributed by atoms with Crippen LogP contribution in [0.15, 0.2) is 96.0 Å². The summed E-state index contributed by atoms with van der Waals surface area (Å²) in [6.07, 6.45) is 1.85. The number of nitro groups is 1. The Morgan fingerprint density at radius 3 is 2.12 bits per heavy atom. The van der Waals surface area contributed by atoms with Gasteiger partial charge in [0.15, 0.2) is 0 Å². The summed E-state index contributed by atoms with van der Waals surface area (Å²) in [5, 5.41) is 11.9. The van der Waals surface area contributed by atoms with E-state index < -0.39 is 34.0 Å². The molecule has 0 saturated carbocycles. The van der Waals surface area contributed by atoms with Gasteiger partial charge < -0.3 is 0 Å². The molecule has 2 unspecified atom stereocenters. The molecular formula is C33H25N3O4. The highest BCUT2D eigenvalue weighted by molar-refractivity contribution is 6.25. The molecule has 2 bridgehead atoms. The molecular weight excluding hydrogens is 502 g/mol. The van der Waals surface area contributed by atoms with Gasteiger partial charge in [0, 0.05) is 18.2 Å². The van der Waals surface area contributed by atoms with Crippen LogP contribution in [0.4, 0.5) is 17.1 Å². The molecule has 0 N–H and O–H groups in total. The lowest BCUT2D eigenvalue weighted by Gasteiger charge is -2.52. The van der Waals surface area contributed by atoms with Crippen molar-refractivity contribution in [2.24, 2.45) is 16.8 Å². The molecule has 1 fully saturated rings. The van der Waals surface area contributed by atoms with Gasteiger partial charge in [0.25, 0.3) is 5.69 Å². The number of nitro benzene ring substituents is 1. The van der Waals surface area contributed by atoms with E-state index in [0.717, 1.165) is 44.0 Å². The first-order valence-electron chi connectivity index (χ1n) is 13.3. The molecule has 1 saturated heterocycles. The van der Waals surface area contributed by atoms with Gasteiger partial charge in [0.1, 0.15) is 5.69 Å². The van der Waals surface area contributed by atoms with Crippen molar-refractivity contribution in [2.45, 2.75) is 25.2 Å². The van der Waals surface area contributed by atoms with Crippen molar-refractivity contribution < 1.29 is 14.5 Å². The minimum Gasteiger partial charge on any atom is -0.274 e. The average Bonchev–Trinajstić information content (AvgIpc) is 3.24. The van der Waals surface area contributed by atoms with Crippen LogP contribution in [0.3, 0.4) is 0 Å². The summed E-state index contributed by atoms with van der Waals surface area (Å²) in [6, 6.07) is 27.8. The van der Waals surface area contributed by atoms with E-state index in [1.54, 1.807) is 6.07 Å². The predicted molar refractivity (Wildman–Crippen MR) is 152 cm³/mol. The number of anilines is 1. The second-order valence-corrected chi connectivity index (χ2v) is 10.8. The van der Waals surface area contributed by atoms with Crippen LogP contribution in [-0.2, 0) is 15.0 Å². The fourth-order valence-electron chi connectivity index (χ4n) is 7.14. The van der Waals surface area contributed by atoms with Crippen molar-refractivity contribution in [3.05, 3.63) is 134 Å². The minimum absolute atomic E-state index is 0.00558. The van der Waals surface area contributed by atoms with Crippen molar-refractivity contribution >= 4 is 35.1 Å². The summed E-state index contributed by atoms with van der Waals surface area (Å²) in [4.78, 5) is 46.2. The summed E-state index contributed by atoms with van der Waals surface area (Å²) >= 11 is 0. The molecule has 7 heteroatoms. The lowest BCUT2D eigenvalue weighted by Crippen LogP contribution is -2.54. The standard InChI is InChI=1S/C33H25N3O4/c1-19-10-9-15-25(20(19)2)34-18-33-23-13-5-3-11-21(23)28(22-12-4-6-14-24(22)33)29-30(33)32(38)35(31(29)37)26-16-7-8-17-27(26)36(39)40/h3-18,28-30H,1-2H3. The number of aryl methyl sites for hydroxylation is 1. The Morgan fingerprint density at radius 2 is 1.45 bits per heavy atom. The van der Waals surface area contributed by atoms with E-state index >= 15 is 0 Å². The monoisotopic (exact) mass is 527 g/mol. The van der Waals surface area contributed by atoms with Crippen LogP contribution in [0, 0.1) is 35.8 Å². The molecule has 0 aromatic heterocycles. The highest BCUT2D eigenvalue weighted by atomic mass is 16.6. The molecule has 0 radical (unpaired) electrons. The number of rotatable bonds is 4. The van der Waals surface area contributed by atoms with Crippen LogP contribution in [0.2, 0.25) is 0 Å². The Labute approximate surface area is 231 Å². The van der Waals surface area contributed by atoms with E-state index in [1.807, 2.05) is 86.8 Å². The molecule has 196 valence electrons. The first kappa shape index (κ1) is 24.2. The van der Waals surface area contributed by atoms with Gasteiger partial charge in [-0.3, -0.25) is 24.7 Å². The zero-order chi connectivity index (χ0) is 27.8. The van der Waals surface area contributed by atoms with Crippen LogP contribution in [-0.4, -0.2) is 23.0 Å². The van der Waals surface area contributed by atoms with Gasteiger partial charge in [-0.25, -0.2) is 4.90 Å². The first-order chi connectivity index (χ1) is 19.4. The highest BCUT2D eigenvalue weighted by Gasteiger charge is 2.68. The Morgan fingerprint density at radius 1 is 0.825 bits per heavy atom. The van der Waals surface area contributed by atoms with E-state index in [4.69, 9.17) is 4.99 Å². The highest BCUT2D eigenvalue weighted by Crippen LogP contribution is 2.64. The summed E-state index contributed by atoms with van der Waals surface area (Å²) in [5.74, 6) is -2.73. The van der Waals surface area contributed by atoms with Gasteiger partial charge in [-0.05, 0) is 59.4 Å². The van der Waals surface area contributed by atoms with E-state index in [2.05, 4.69) is 0 Å². The number of nitrogens with zero attached hydrogens (tertiary/aromatic N) is 3. The summed E-state index contributed by atoms with van der Waals surface area (Å²) in [7, 11) is 0. The molecule has 2 atom stereocenters. The predicted octanol–water partition coefficient (Wildman–Crippen LogP) is 6.16. The van der Waals surface area contributed by atoms with Gasteiger partial charge in [-0.1, -0.05) is 72.8 Å². The van der Waals surface area contributed by atoms with Gasteiger partial charge >= 0.3 is 0 Å². The molecule has 1 heterocycles. The zero-order valence-corrected chi connectivity index (χ0v) is 21.9. The van der Waals surface area contributed by atoms with E-state index in [9.17, 15) is 19.7 Å². The number of aliphatic imine (C=N–C) groups is 1. The molecule has 40 heavy (non-hydrogen) atoms. The van der Waals surface area contributed by atoms with Crippen LogP contribution in [0.25, 0.3) is 0 Å². The number of hydrogen-bond acceptors (Lipinski definition) is 5. The molecule has 2 amide bonds. The van der Waals surface area contributed by atoms with Gasteiger partial charge in [0.2, 0.25) is 11.8 Å². The lowest BCUT2D eigenvalue weighted by atomic mass is 9.47. The molecule has 4 aromatic rings. The smallest absolute Gasteiger partial charge is 0.274 e. The SMILES string of the molecule is Cc1cccc(N=CC23c4ccccc4C(c4ccccc42)C2C(=O)N(c4ccccc4[N+](=O)[O-])C(=O)C23)c1C. The van der Waals surface area contributed by atoms with Crippen molar-refractivity contribution in [1.29, 1.82) is 0 Å². The van der Waals surface area contributed by atoms with E-state index in [0.29, 0.717) is 0 Å². The number of amides is 2. The second-order valence-electron chi connectivity index (χ2n) is 10.8. The number of para-hydroxylation sites is 2. The first-order valence-corrected chi connectivity index (χ1v) is 13.3. The summed E-state index contributed by atoms with van der Waals surface area (Å²) in [5.41, 5.74) is 5.49. The third kappa shape index (κ3) is 3.03. The number of carbonyl (C=O) groups excluding carboxylic acids is 2. The Hall–Kier alpha value is -4.91. The molecule has 4 aromatic carbocycles. The van der Waals surface area contributed by atoms with Crippen molar-refractivity contribution in [3.63, 3.8) is 0 Å². The largest absolute Gasteiger partial charge is 0.293 e. The number of imide groups is 1. The number of benzene rings is 4. The lowest BCUT2D eigenvalue weighted by molar-refractivity contribution is -0.384. The fourth-order valence-corrected chi connectivity index (χ4v) is 7.14. The average molecular weight is 528 g/mol. The molecule has 1 aliphatic heterocycles. The maximum absolute atomic E-state index is 14.5. The van der Waals surface area contributed by atoms with Crippen molar-refractivity contribution in [1.82, 2.24) is 0 Å². The Kier molecular flexibility index (Phi) is 5.16. The molecule has 8 rings (SSSR count). The maximum atomic E-state index is 14.5. The third-order valence-electron chi connectivity index (χ3n) is 8.99. The van der Waals surface area contributed by atoms with Gasteiger partial charge in [-0.15, -0.1) is 0 Å². The molecule has 3 aliphatic carbocycles. The topological polar surface area (TPSA) is 92.9 Å². The maximum Gasteiger partial charge on any atom is 0.293 e. The fraction of sp³-hybridized carbons (Fsp3) is 0.182. The summed E-state index contributed by atoms with van der Waals surface area (Å²) < 4.78 is 0. The minimum atomic E-state index is -1.03. The van der Waals surface area contributed by atoms with Crippen molar-refractivity contribution in [3.8, 4) is 0 Å². The quantitative estimate of drug-likeness (QED) is 0.137. The number of hydrogen-bond donors (Lipinski definition) is 0. The van der Waals surface area contributed by atoms with Crippen LogP contribution in [0.1, 0.15) is 39.3 Å². The Balaban J connectivity index is 1.52. The summed E-state index contributed by atoms with van der Waals surface area (Å²) in [6.45, 7) is 4.05. The third-order valence-corrected chi connectivity index (χ3v) is 8.99. The molecule has 7 nitrogen and oxygen atoms in total. The van der Waals surface area contributed by atoms with E-state index in [1.165, 1.54) is 18.2 Å². The van der Waals surface area contributed by atoms with Crippen LogP contribution < -0.4 is 4.90 Å². The second kappa shape index (κ2) is 8.55. The normalized spacial score (nSPS) is 24.2. The van der Waals surface area contributed by atoms with Crippen LogP contribution in [0.5, 0.6) is 0 Å². The van der Waals surface area contributed by atoms with Crippen LogP contribution >= 0.6 is 0 Å². The molecule has 0 spiro atoms. The zero-order valence-electron chi connectivity index (χ0n) is 21.9. The van der Waals surface area contributed by atoms with Gasteiger partial charge in [0.05, 0.1) is 27.9 Å². The Bertz CT molecular complexity index is 1740.